The number of hydrogen-bond acceptors (Lipinski definition) is 3. The van der Waals surface area contributed by atoms with E-state index in [1.54, 1.807) is 13.8 Å². The molecule has 1 N–H and O–H groups in total. The van der Waals surface area contributed by atoms with Gasteiger partial charge < -0.3 is 9.84 Å². The molecule has 138 valence electrons. The molecular formula is C19H13ClFIN2O3. The van der Waals surface area contributed by atoms with E-state index < -0.39 is 17.4 Å². The Hall–Kier alpha value is -2.13. The van der Waals surface area contributed by atoms with Gasteiger partial charge in [-0.25, -0.2) is 13.9 Å². The molecule has 27 heavy (non-hydrogen) atoms. The number of aromatic carboxylic acids is 1. The maximum Gasteiger partial charge on any atom is 0.356 e. The number of ether oxygens (including phenoxy) is 1. The van der Waals surface area contributed by atoms with E-state index in [-0.39, 0.29) is 16.4 Å². The van der Waals surface area contributed by atoms with Crippen molar-refractivity contribution in [1.29, 1.82) is 0 Å². The monoisotopic (exact) mass is 498 g/mol. The van der Waals surface area contributed by atoms with Gasteiger partial charge in [-0.2, -0.15) is 5.10 Å². The van der Waals surface area contributed by atoms with Crippen LogP contribution in [0.5, 0.6) is 5.75 Å². The van der Waals surface area contributed by atoms with Gasteiger partial charge in [-0.05, 0) is 72.8 Å². The molecule has 0 saturated heterocycles. The molecule has 1 aromatic heterocycles. The lowest BCUT2D eigenvalue weighted by atomic mass is 9.89. The Morgan fingerprint density at radius 1 is 1.30 bits per heavy atom. The molecule has 1 aliphatic rings. The molecule has 2 aromatic carbocycles. The largest absolute Gasteiger partial charge is 0.482 e. The van der Waals surface area contributed by atoms with Crippen LogP contribution in [-0.4, -0.2) is 20.9 Å². The zero-order valence-corrected chi connectivity index (χ0v) is 17.2. The van der Waals surface area contributed by atoms with Gasteiger partial charge in [0.2, 0.25) is 0 Å². The Morgan fingerprint density at radius 3 is 2.70 bits per heavy atom. The molecular weight excluding hydrogens is 486 g/mol. The molecule has 1 aliphatic heterocycles. The zero-order chi connectivity index (χ0) is 19.5. The maximum atomic E-state index is 14.6. The van der Waals surface area contributed by atoms with Crippen molar-refractivity contribution in [3.63, 3.8) is 0 Å². The summed E-state index contributed by atoms with van der Waals surface area (Å²) in [6.45, 7) is 3.54. The molecule has 0 fully saturated rings. The molecule has 2 heterocycles. The van der Waals surface area contributed by atoms with E-state index in [1.807, 2.05) is 18.2 Å². The number of benzene rings is 2. The highest BCUT2D eigenvalue weighted by atomic mass is 127. The highest BCUT2D eigenvalue weighted by molar-refractivity contribution is 14.1. The van der Waals surface area contributed by atoms with Gasteiger partial charge in [0, 0.05) is 14.2 Å². The van der Waals surface area contributed by atoms with Gasteiger partial charge >= 0.3 is 5.97 Å². The number of carbonyl (C=O) groups is 1. The summed E-state index contributed by atoms with van der Waals surface area (Å²) in [4.78, 5) is 11.9. The zero-order valence-electron chi connectivity index (χ0n) is 14.3. The fraction of sp³-hybridized carbons (Fsp3) is 0.158. The summed E-state index contributed by atoms with van der Waals surface area (Å²) in [5.74, 6) is -1.21. The van der Waals surface area contributed by atoms with Crippen molar-refractivity contribution in [3.05, 3.63) is 62.1 Å². The first-order valence-corrected chi connectivity index (χ1v) is 9.46. The summed E-state index contributed by atoms with van der Waals surface area (Å²) < 4.78 is 23.0. The average Bonchev–Trinajstić information content (AvgIpc) is 2.96. The third kappa shape index (κ3) is 2.89. The fourth-order valence-electron chi connectivity index (χ4n) is 3.32. The van der Waals surface area contributed by atoms with E-state index in [1.165, 1.54) is 22.9 Å². The van der Waals surface area contributed by atoms with E-state index in [0.717, 1.165) is 3.57 Å². The van der Waals surface area contributed by atoms with Gasteiger partial charge in [0.05, 0.1) is 11.3 Å². The second kappa shape index (κ2) is 6.20. The fourth-order valence-corrected chi connectivity index (χ4v) is 3.94. The molecule has 8 heteroatoms. The molecule has 0 spiro atoms. The molecule has 0 unspecified atom stereocenters. The van der Waals surface area contributed by atoms with Gasteiger partial charge in [0.25, 0.3) is 0 Å². The Labute approximate surface area is 172 Å². The summed E-state index contributed by atoms with van der Waals surface area (Å²) in [6, 6.07) is 9.74. The van der Waals surface area contributed by atoms with Crippen molar-refractivity contribution < 1.29 is 19.0 Å². The number of halogens is 3. The molecule has 5 nitrogen and oxygen atoms in total. The van der Waals surface area contributed by atoms with Crippen LogP contribution >= 0.6 is 34.2 Å². The SMILES string of the molecule is CC1(C)Oc2cc(I)ccc2-c2c1c(C(=O)O)nn2-c1ccc(Cl)cc1F. The lowest BCUT2D eigenvalue weighted by molar-refractivity contribution is 0.0664. The Kier molecular flexibility index (Phi) is 4.19. The second-order valence-electron chi connectivity index (χ2n) is 6.64. The third-order valence-electron chi connectivity index (χ3n) is 4.39. The number of aromatic nitrogens is 2. The van der Waals surface area contributed by atoms with Crippen molar-refractivity contribution in [1.82, 2.24) is 9.78 Å². The van der Waals surface area contributed by atoms with Crippen LogP contribution in [0.3, 0.4) is 0 Å². The Morgan fingerprint density at radius 2 is 2.04 bits per heavy atom. The van der Waals surface area contributed by atoms with Crippen molar-refractivity contribution in [3.8, 4) is 22.7 Å². The summed E-state index contributed by atoms with van der Waals surface area (Å²) in [7, 11) is 0. The van der Waals surface area contributed by atoms with Gasteiger partial charge in [-0.3, -0.25) is 0 Å². The third-order valence-corrected chi connectivity index (χ3v) is 5.30. The molecule has 4 rings (SSSR count). The molecule has 0 atom stereocenters. The summed E-state index contributed by atoms with van der Waals surface area (Å²) in [6.07, 6.45) is 0. The molecule has 0 radical (unpaired) electrons. The smallest absolute Gasteiger partial charge is 0.356 e. The summed E-state index contributed by atoms with van der Waals surface area (Å²) in [5.41, 5.74) is 0.536. The molecule has 0 bridgehead atoms. The van der Waals surface area contributed by atoms with E-state index >= 15 is 0 Å². The van der Waals surface area contributed by atoms with Crippen LogP contribution in [0, 0.1) is 9.39 Å². The van der Waals surface area contributed by atoms with E-state index in [2.05, 4.69) is 27.7 Å². The van der Waals surface area contributed by atoms with Crippen LogP contribution in [0.15, 0.2) is 36.4 Å². The van der Waals surface area contributed by atoms with Crippen molar-refractivity contribution in [2.24, 2.45) is 0 Å². The van der Waals surface area contributed by atoms with Crippen LogP contribution in [0.2, 0.25) is 5.02 Å². The minimum absolute atomic E-state index is 0.116. The average molecular weight is 499 g/mol. The highest BCUT2D eigenvalue weighted by Gasteiger charge is 2.41. The lowest BCUT2D eigenvalue weighted by Crippen LogP contribution is -2.31. The van der Waals surface area contributed by atoms with Crippen LogP contribution < -0.4 is 4.74 Å². The molecule has 0 amide bonds. The lowest BCUT2D eigenvalue weighted by Gasteiger charge is -2.33. The standard InChI is InChI=1S/C19H13ClFIN2O3/c1-19(2)15-16(18(25)26)23-24(13-6-3-9(20)7-12(13)21)17(15)11-5-4-10(22)8-14(11)27-19/h3-8H,1-2H3,(H,25,26). The quantitative estimate of drug-likeness (QED) is 0.490. The van der Waals surface area contributed by atoms with E-state index in [9.17, 15) is 14.3 Å². The van der Waals surface area contributed by atoms with Crippen molar-refractivity contribution in [2.75, 3.05) is 0 Å². The predicted molar refractivity (Wildman–Crippen MR) is 107 cm³/mol. The normalized spacial score (nSPS) is 14.3. The van der Waals surface area contributed by atoms with Crippen LogP contribution in [-0.2, 0) is 5.60 Å². The second-order valence-corrected chi connectivity index (χ2v) is 8.32. The minimum Gasteiger partial charge on any atom is -0.482 e. The molecule has 0 aliphatic carbocycles. The van der Waals surface area contributed by atoms with Crippen molar-refractivity contribution in [2.45, 2.75) is 19.4 Å². The first-order chi connectivity index (χ1) is 12.7. The Balaban J connectivity index is 2.12. The number of hydrogen-bond donors (Lipinski definition) is 1. The van der Waals surface area contributed by atoms with Gasteiger partial charge in [0.1, 0.15) is 22.9 Å². The number of carboxylic acid groups (broad SMARTS) is 1. The van der Waals surface area contributed by atoms with Crippen LogP contribution in [0.4, 0.5) is 4.39 Å². The maximum absolute atomic E-state index is 14.6. The number of fused-ring (bicyclic) bond motifs is 3. The Bertz CT molecular complexity index is 1110. The first kappa shape index (κ1) is 18.2. The molecule has 0 saturated carbocycles. The van der Waals surface area contributed by atoms with Gasteiger partial charge in [0.15, 0.2) is 5.69 Å². The summed E-state index contributed by atoms with van der Waals surface area (Å²) >= 11 is 8.03. The minimum atomic E-state index is -1.20. The van der Waals surface area contributed by atoms with Crippen molar-refractivity contribution >= 4 is 40.2 Å². The number of rotatable bonds is 2. The molecule has 3 aromatic rings. The number of carboxylic acids is 1. The van der Waals surface area contributed by atoms with Gasteiger partial charge in [-0.1, -0.05) is 11.6 Å². The topological polar surface area (TPSA) is 64.3 Å². The van der Waals surface area contributed by atoms with E-state index in [4.69, 9.17) is 16.3 Å². The predicted octanol–water partition coefficient (Wildman–Crippen LogP) is 5.26. The highest BCUT2D eigenvalue weighted by Crippen LogP contribution is 2.47. The first-order valence-electron chi connectivity index (χ1n) is 8.00. The summed E-state index contributed by atoms with van der Waals surface area (Å²) in [5, 5.41) is 14.2. The van der Waals surface area contributed by atoms with Gasteiger partial charge in [-0.15, -0.1) is 0 Å². The number of nitrogens with zero attached hydrogens (tertiary/aromatic N) is 2. The van der Waals surface area contributed by atoms with Crippen LogP contribution in [0.1, 0.15) is 29.9 Å². The van der Waals surface area contributed by atoms with E-state index in [0.29, 0.717) is 22.6 Å². The van der Waals surface area contributed by atoms with Crippen LogP contribution in [0.25, 0.3) is 16.9 Å².